The van der Waals surface area contributed by atoms with Gasteiger partial charge in [-0.05, 0) is 25.0 Å². The molecule has 1 aromatic carbocycles. The average molecular weight is 274 g/mol. The van der Waals surface area contributed by atoms with E-state index in [2.05, 4.69) is 5.32 Å². The second-order valence-electron chi connectivity index (χ2n) is 5.49. The fraction of sp³-hybridized carbons (Fsp3) is 0.467. The number of benzene rings is 1. The molecule has 1 N–H and O–H groups in total. The topological polar surface area (TPSA) is 58.6 Å². The molecule has 20 heavy (non-hydrogen) atoms. The van der Waals surface area contributed by atoms with Crippen LogP contribution in [0.25, 0.3) is 0 Å². The fourth-order valence-electron chi connectivity index (χ4n) is 3.16. The van der Waals surface area contributed by atoms with Gasteiger partial charge in [0, 0.05) is 12.6 Å². The van der Waals surface area contributed by atoms with E-state index in [0.717, 1.165) is 25.7 Å². The summed E-state index contributed by atoms with van der Waals surface area (Å²) >= 11 is 0. The Labute approximate surface area is 117 Å². The van der Waals surface area contributed by atoms with Gasteiger partial charge in [-0.1, -0.05) is 18.9 Å². The van der Waals surface area contributed by atoms with E-state index in [9.17, 15) is 9.59 Å². The molecule has 1 heterocycles. The molecule has 0 bridgehead atoms. The lowest BCUT2D eigenvalue weighted by Gasteiger charge is -2.38. The first-order valence-corrected chi connectivity index (χ1v) is 6.93. The van der Waals surface area contributed by atoms with Gasteiger partial charge in [0.15, 0.2) is 0 Å². The zero-order chi connectivity index (χ0) is 14.2. The molecule has 0 unspecified atom stereocenters. The van der Waals surface area contributed by atoms with E-state index in [1.165, 1.54) is 4.90 Å². The van der Waals surface area contributed by atoms with Crippen LogP contribution in [0.1, 0.15) is 25.7 Å². The monoisotopic (exact) mass is 274 g/mol. The number of hydrogen-bond acceptors (Lipinski definition) is 3. The second kappa shape index (κ2) is 4.81. The number of amides is 3. The highest BCUT2D eigenvalue weighted by atomic mass is 16.5. The Bertz CT molecular complexity index is 550. The normalized spacial score (nSPS) is 21.1. The van der Waals surface area contributed by atoms with Crippen molar-refractivity contribution in [1.29, 1.82) is 0 Å². The van der Waals surface area contributed by atoms with Crippen molar-refractivity contribution in [2.24, 2.45) is 5.41 Å². The van der Waals surface area contributed by atoms with Crippen LogP contribution >= 0.6 is 0 Å². The van der Waals surface area contributed by atoms with Crippen LogP contribution in [0.2, 0.25) is 0 Å². The standard InChI is InChI=1S/C15H18N2O3/c1-20-12-6-4-5-11(9-12)17-13(18)15(7-2-3-8-15)10-16-14(17)19/h4-6,9H,2-3,7-8,10H2,1H3,(H,16,19). The van der Waals surface area contributed by atoms with Crippen LogP contribution in [0.4, 0.5) is 10.5 Å². The lowest BCUT2D eigenvalue weighted by Crippen LogP contribution is -2.60. The molecule has 0 aromatic heterocycles. The van der Waals surface area contributed by atoms with Gasteiger partial charge in [-0.2, -0.15) is 0 Å². The van der Waals surface area contributed by atoms with E-state index in [0.29, 0.717) is 18.0 Å². The molecule has 1 saturated carbocycles. The zero-order valence-corrected chi connectivity index (χ0v) is 11.5. The Morgan fingerprint density at radius 2 is 2.00 bits per heavy atom. The Hall–Kier alpha value is -2.04. The quantitative estimate of drug-likeness (QED) is 0.900. The first-order valence-electron chi connectivity index (χ1n) is 6.93. The number of rotatable bonds is 2. The van der Waals surface area contributed by atoms with Crippen molar-refractivity contribution in [2.45, 2.75) is 25.7 Å². The third-order valence-electron chi connectivity index (χ3n) is 4.31. The molecule has 0 atom stereocenters. The largest absolute Gasteiger partial charge is 0.497 e. The van der Waals surface area contributed by atoms with Gasteiger partial charge < -0.3 is 10.1 Å². The first kappa shape index (κ1) is 13.0. The molecule has 1 spiro atoms. The molecule has 1 saturated heterocycles. The van der Waals surface area contributed by atoms with Crippen LogP contribution in [0.15, 0.2) is 24.3 Å². The van der Waals surface area contributed by atoms with Crippen molar-refractivity contribution in [3.05, 3.63) is 24.3 Å². The molecule has 5 heteroatoms. The first-order chi connectivity index (χ1) is 9.66. The summed E-state index contributed by atoms with van der Waals surface area (Å²) in [4.78, 5) is 26.1. The van der Waals surface area contributed by atoms with E-state index >= 15 is 0 Å². The highest BCUT2D eigenvalue weighted by Crippen LogP contribution is 2.42. The van der Waals surface area contributed by atoms with Crippen molar-refractivity contribution >= 4 is 17.6 Å². The SMILES string of the molecule is COc1cccc(N2C(=O)NCC3(CCCC3)C2=O)c1. The fourth-order valence-corrected chi connectivity index (χ4v) is 3.16. The zero-order valence-electron chi connectivity index (χ0n) is 11.5. The second-order valence-corrected chi connectivity index (χ2v) is 5.49. The van der Waals surface area contributed by atoms with Crippen LogP contribution < -0.4 is 15.0 Å². The molecule has 1 aliphatic heterocycles. The number of carbonyl (C=O) groups excluding carboxylic acids is 2. The minimum atomic E-state index is -0.406. The Morgan fingerprint density at radius 1 is 1.25 bits per heavy atom. The third-order valence-corrected chi connectivity index (χ3v) is 4.31. The number of carbonyl (C=O) groups is 2. The number of hydrogen-bond donors (Lipinski definition) is 1. The number of methoxy groups -OCH3 is 1. The minimum Gasteiger partial charge on any atom is -0.497 e. The average Bonchev–Trinajstić information content (AvgIpc) is 2.94. The number of imide groups is 1. The Kier molecular flexibility index (Phi) is 3.12. The van der Waals surface area contributed by atoms with Gasteiger partial charge in [0.05, 0.1) is 18.2 Å². The van der Waals surface area contributed by atoms with Gasteiger partial charge in [-0.15, -0.1) is 0 Å². The molecule has 3 amide bonds. The molecule has 0 radical (unpaired) electrons. The van der Waals surface area contributed by atoms with Gasteiger partial charge in [-0.3, -0.25) is 4.79 Å². The van der Waals surface area contributed by atoms with Gasteiger partial charge in [-0.25, -0.2) is 9.69 Å². The van der Waals surface area contributed by atoms with Crippen LogP contribution in [0, 0.1) is 5.41 Å². The summed E-state index contributed by atoms with van der Waals surface area (Å²) in [5, 5.41) is 2.86. The summed E-state index contributed by atoms with van der Waals surface area (Å²) in [6.07, 6.45) is 3.81. The maximum Gasteiger partial charge on any atom is 0.328 e. The maximum atomic E-state index is 12.8. The molecule has 1 aromatic rings. The summed E-state index contributed by atoms with van der Waals surface area (Å²) < 4.78 is 5.16. The molecule has 2 fully saturated rings. The van der Waals surface area contributed by atoms with E-state index in [1.807, 2.05) is 0 Å². The van der Waals surface area contributed by atoms with Crippen LogP contribution in [-0.2, 0) is 4.79 Å². The summed E-state index contributed by atoms with van der Waals surface area (Å²) in [5.41, 5.74) is 0.162. The van der Waals surface area contributed by atoms with Crippen molar-refractivity contribution in [2.75, 3.05) is 18.6 Å². The maximum absolute atomic E-state index is 12.8. The van der Waals surface area contributed by atoms with Crippen molar-refractivity contribution in [3.63, 3.8) is 0 Å². The smallest absolute Gasteiger partial charge is 0.328 e. The predicted molar refractivity (Wildman–Crippen MR) is 74.8 cm³/mol. The number of nitrogens with one attached hydrogen (secondary N) is 1. The summed E-state index contributed by atoms with van der Waals surface area (Å²) in [5.74, 6) is 0.557. The van der Waals surface area contributed by atoms with Crippen molar-refractivity contribution < 1.29 is 14.3 Å². The van der Waals surface area contributed by atoms with Crippen LogP contribution in [-0.4, -0.2) is 25.6 Å². The molecule has 2 aliphatic rings. The highest BCUT2D eigenvalue weighted by molar-refractivity contribution is 6.18. The van der Waals surface area contributed by atoms with Gasteiger partial charge in [0.25, 0.3) is 0 Å². The number of anilines is 1. The van der Waals surface area contributed by atoms with E-state index in [-0.39, 0.29) is 11.9 Å². The van der Waals surface area contributed by atoms with Gasteiger partial charge in [0.2, 0.25) is 5.91 Å². The number of urea groups is 1. The molecular formula is C15H18N2O3. The lowest BCUT2D eigenvalue weighted by molar-refractivity contribution is -0.127. The summed E-state index contributed by atoms with van der Waals surface area (Å²) in [7, 11) is 1.57. The minimum absolute atomic E-state index is 0.0768. The lowest BCUT2D eigenvalue weighted by atomic mass is 9.83. The van der Waals surface area contributed by atoms with Crippen LogP contribution in [0.3, 0.4) is 0 Å². The molecule has 5 nitrogen and oxygen atoms in total. The Morgan fingerprint density at radius 3 is 2.70 bits per heavy atom. The molecule has 3 rings (SSSR count). The van der Waals surface area contributed by atoms with E-state index in [4.69, 9.17) is 4.74 Å². The highest BCUT2D eigenvalue weighted by Gasteiger charge is 2.49. The van der Waals surface area contributed by atoms with Crippen molar-refractivity contribution in [3.8, 4) is 5.75 Å². The molecule has 1 aliphatic carbocycles. The molecule has 106 valence electrons. The van der Waals surface area contributed by atoms with Crippen molar-refractivity contribution in [1.82, 2.24) is 5.32 Å². The summed E-state index contributed by atoms with van der Waals surface area (Å²) in [6, 6.07) is 6.70. The van der Waals surface area contributed by atoms with Gasteiger partial charge in [0.1, 0.15) is 5.75 Å². The number of nitrogens with zero attached hydrogens (tertiary/aromatic N) is 1. The van der Waals surface area contributed by atoms with Gasteiger partial charge >= 0.3 is 6.03 Å². The van der Waals surface area contributed by atoms with Crippen LogP contribution in [0.5, 0.6) is 5.75 Å². The molecular weight excluding hydrogens is 256 g/mol. The summed E-state index contributed by atoms with van der Waals surface area (Å²) in [6.45, 7) is 0.463. The van der Waals surface area contributed by atoms with E-state index in [1.54, 1.807) is 31.4 Å². The number of ether oxygens (including phenoxy) is 1. The Balaban J connectivity index is 1.97. The predicted octanol–water partition coefficient (Wildman–Crippen LogP) is 2.31. The third kappa shape index (κ3) is 1.94. The van der Waals surface area contributed by atoms with E-state index < -0.39 is 5.41 Å².